The van der Waals surface area contributed by atoms with Crippen LogP contribution in [0.3, 0.4) is 0 Å². The van der Waals surface area contributed by atoms with Crippen molar-refractivity contribution in [3.8, 4) is 0 Å². The van der Waals surface area contributed by atoms with Gasteiger partial charge in [0, 0.05) is 20.6 Å². The molecule has 3 aromatic rings. The molecule has 1 aromatic heterocycles. The monoisotopic (exact) mass is 415 g/mol. The van der Waals surface area contributed by atoms with Gasteiger partial charge in [-0.3, -0.25) is 5.43 Å². The number of hydrazone groups is 1. The van der Waals surface area contributed by atoms with Crippen LogP contribution in [-0.2, 0) is 0 Å². The van der Waals surface area contributed by atoms with E-state index < -0.39 is 0 Å². The molecule has 1 aliphatic rings. The normalized spacial score (nSPS) is 13.4. The van der Waals surface area contributed by atoms with E-state index in [2.05, 4.69) is 26.5 Å². The summed E-state index contributed by atoms with van der Waals surface area (Å²) in [7, 11) is 0. The fourth-order valence-electron chi connectivity index (χ4n) is 2.46. The second kappa shape index (κ2) is 6.51. The Morgan fingerprint density at radius 1 is 1.04 bits per heavy atom. The van der Waals surface area contributed by atoms with Crippen LogP contribution in [-0.4, -0.2) is 11.5 Å². The molecule has 0 bridgehead atoms. The lowest BCUT2D eigenvalue weighted by atomic mass is 10.0. The summed E-state index contributed by atoms with van der Waals surface area (Å²) >= 11 is 11.2. The Hall–Kier alpha value is -1.95. The molecule has 4 rings (SSSR count). The molecule has 24 heavy (non-hydrogen) atoms. The van der Waals surface area contributed by atoms with Gasteiger partial charge in [-0.15, -0.1) is 11.3 Å². The number of benzene rings is 2. The lowest BCUT2D eigenvalue weighted by Gasteiger charge is -2.08. The highest BCUT2D eigenvalue weighted by Crippen LogP contribution is 2.29. The van der Waals surface area contributed by atoms with Crippen molar-refractivity contribution in [2.45, 2.75) is 0 Å². The van der Waals surface area contributed by atoms with Gasteiger partial charge < -0.3 is 0 Å². The second-order valence-corrected chi connectivity index (χ2v) is 7.48. The standard InChI is InChI=1S/C18H11BrClN3S/c19-12-5-8-15-14(10-12)17(11-3-6-13(20)7-4-11)22-23-18(21-15)16-2-1-9-24-16/h1-10H,(H,21,23). The van der Waals surface area contributed by atoms with Gasteiger partial charge >= 0.3 is 0 Å². The fraction of sp³-hybridized carbons (Fsp3) is 0. The number of amidine groups is 1. The van der Waals surface area contributed by atoms with E-state index in [4.69, 9.17) is 16.6 Å². The van der Waals surface area contributed by atoms with Crippen LogP contribution in [0.1, 0.15) is 16.0 Å². The molecule has 2 heterocycles. The quantitative estimate of drug-likeness (QED) is 0.580. The molecule has 0 aliphatic carbocycles. The van der Waals surface area contributed by atoms with Crippen molar-refractivity contribution in [1.29, 1.82) is 0 Å². The van der Waals surface area contributed by atoms with Gasteiger partial charge in [-0.25, -0.2) is 4.99 Å². The lowest BCUT2D eigenvalue weighted by Crippen LogP contribution is -2.18. The maximum absolute atomic E-state index is 6.01. The van der Waals surface area contributed by atoms with Crippen molar-refractivity contribution in [3.05, 3.63) is 85.5 Å². The predicted octanol–water partition coefficient (Wildman–Crippen LogP) is 5.60. The molecule has 0 fully saturated rings. The van der Waals surface area contributed by atoms with E-state index in [0.717, 1.165) is 37.7 Å². The average Bonchev–Trinajstić information content (AvgIpc) is 3.05. The van der Waals surface area contributed by atoms with Gasteiger partial charge in [-0.2, -0.15) is 5.10 Å². The lowest BCUT2D eigenvalue weighted by molar-refractivity contribution is 1.03. The summed E-state index contributed by atoms with van der Waals surface area (Å²) in [6.45, 7) is 0. The van der Waals surface area contributed by atoms with Crippen molar-refractivity contribution in [2.24, 2.45) is 10.1 Å². The van der Waals surface area contributed by atoms with E-state index in [1.807, 2.05) is 60.0 Å². The minimum atomic E-state index is 0.700. The number of thiophene rings is 1. The van der Waals surface area contributed by atoms with E-state index in [9.17, 15) is 0 Å². The molecule has 6 heteroatoms. The third kappa shape index (κ3) is 3.02. The van der Waals surface area contributed by atoms with Gasteiger partial charge in [-0.1, -0.05) is 45.7 Å². The minimum Gasteiger partial charge on any atom is -0.260 e. The predicted molar refractivity (Wildman–Crippen MR) is 105 cm³/mol. The molecule has 0 amide bonds. The Kier molecular flexibility index (Phi) is 4.22. The van der Waals surface area contributed by atoms with Crippen LogP contribution in [0, 0.1) is 0 Å². The molecular formula is C18H11BrClN3S. The average molecular weight is 417 g/mol. The highest BCUT2D eigenvalue weighted by Gasteiger charge is 2.18. The van der Waals surface area contributed by atoms with Crippen LogP contribution in [0.4, 0.5) is 5.69 Å². The SMILES string of the molecule is Clc1ccc(C2=NNC(c3cccs3)=Nc3ccc(Br)cc32)cc1. The first-order valence-corrected chi connectivity index (χ1v) is 9.28. The summed E-state index contributed by atoms with van der Waals surface area (Å²) in [5.41, 5.74) is 6.76. The van der Waals surface area contributed by atoms with Crippen molar-refractivity contribution >= 4 is 56.1 Å². The molecule has 0 radical (unpaired) electrons. The van der Waals surface area contributed by atoms with Crippen LogP contribution in [0.2, 0.25) is 5.02 Å². The number of aliphatic imine (C=N–C) groups is 1. The Morgan fingerprint density at radius 2 is 1.88 bits per heavy atom. The molecule has 0 unspecified atom stereocenters. The highest BCUT2D eigenvalue weighted by molar-refractivity contribution is 9.10. The molecule has 2 aromatic carbocycles. The Bertz CT molecular complexity index is 947. The van der Waals surface area contributed by atoms with Crippen LogP contribution >= 0.6 is 38.9 Å². The molecule has 0 atom stereocenters. The second-order valence-electron chi connectivity index (χ2n) is 5.18. The van der Waals surface area contributed by atoms with E-state index in [1.165, 1.54) is 0 Å². The summed E-state index contributed by atoms with van der Waals surface area (Å²) in [5, 5.41) is 7.35. The first-order chi connectivity index (χ1) is 11.7. The Labute approximate surface area is 156 Å². The van der Waals surface area contributed by atoms with E-state index in [-0.39, 0.29) is 0 Å². The third-order valence-electron chi connectivity index (χ3n) is 3.59. The van der Waals surface area contributed by atoms with E-state index in [1.54, 1.807) is 11.3 Å². The van der Waals surface area contributed by atoms with Crippen molar-refractivity contribution < 1.29 is 0 Å². The van der Waals surface area contributed by atoms with Crippen LogP contribution in [0.15, 0.2) is 74.5 Å². The molecule has 0 saturated heterocycles. The highest BCUT2D eigenvalue weighted by atomic mass is 79.9. The summed E-state index contributed by atoms with van der Waals surface area (Å²) < 4.78 is 0.984. The molecule has 1 aliphatic heterocycles. The van der Waals surface area contributed by atoms with Gasteiger partial charge in [0.25, 0.3) is 0 Å². The maximum Gasteiger partial charge on any atom is 0.164 e. The van der Waals surface area contributed by atoms with Crippen LogP contribution < -0.4 is 5.43 Å². The van der Waals surface area contributed by atoms with Crippen LogP contribution in [0.5, 0.6) is 0 Å². The Morgan fingerprint density at radius 3 is 2.62 bits per heavy atom. The number of hydrogen-bond donors (Lipinski definition) is 1. The molecule has 0 saturated carbocycles. The number of hydrogen-bond acceptors (Lipinski definition) is 4. The third-order valence-corrected chi connectivity index (χ3v) is 5.21. The summed E-state index contributed by atoms with van der Waals surface area (Å²) in [6, 6.07) is 17.7. The fourth-order valence-corrected chi connectivity index (χ4v) is 3.61. The molecule has 1 N–H and O–H groups in total. The van der Waals surface area contributed by atoms with E-state index in [0.29, 0.717) is 5.02 Å². The number of halogens is 2. The largest absolute Gasteiger partial charge is 0.260 e. The zero-order valence-corrected chi connectivity index (χ0v) is 15.5. The van der Waals surface area contributed by atoms with Crippen molar-refractivity contribution in [2.75, 3.05) is 0 Å². The first kappa shape index (κ1) is 15.6. The molecule has 118 valence electrons. The molecular weight excluding hydrogens is 406 g/mol. The molecule has 0 spiro atoms. The summed E-state index contributed by atoms with van der Waals surface area (Å²) in [4.78, 5) is 5.82. The molecule has 3 nitrogen and oxygen atoms in total. The summed E-state index contributed by atoms with van der Waals surface area (Å²) in [5.74, 6) is 0.748. The number of rotatable bonds is 2. The minimum absolute atomic E-state index is 0.700. The zero-order chi connectivity index (χ0) is 16.5. The number of nitrogens with one attached hydrogen (secondary N) is 1. The van der Waals surface area contributed by atoms with Gasteiger partial charge in [0.15, 0.2) is 5.84 Å². The Balaban J connectivity index is 1.88. The van der Waals surface area contributed by atoms with Crippen molar-refractivity contribution in [1.82, 2.24) is 5.43 Å². The van der Waals surface area contributed by atoms with E-state index >= 15 is 0 Å². The number of fused-ring (bicyclic) bond motifs is 1. The summed E-state index contributed by atoms with van der Waals surface area (Å²) in [6.07, 6.45) is 0. The van der Waals surface area contributed by atoms with Gasteiger partial charge in [0.2, 0.25) is 0 Å². The number of nitrogens with zero attached hydrogens (tertiary/aromatic N) is 2. The maximum atomic E-state index is 6.01. The van der Waals surface area contributed by atoms with Gasteiger partial charge in [0.1, 0.15) is 5.71 Å². The zero-order valence-electron chi connectivity index (χ0n) is 12.3. The van der Waals surface area contributed by atoms with Gasteiger partial charge in [-0.05, 0) is 41.8 Å². The topological polar surface area (TPSA) is 36.8 Å². The van der Waals surface area contributed by atoms with Gasteiger partial charge in [0.05, 0.1) is 10.6 Å². The smallest absolute Gasteiger partial charge is 0.164 e. The first-order valence-electron chi connectivity index (χ1n) is 7.23. The van der Waals surface area contributed by atoms with Crippen LogP contribution in [0.25, 0.3) is 0 Å². The van der Waals surface area contributed by atoms with Crippen molar-refractivity contribution in [3.63, 3.8) is 0 Å².